The van der Waals surface area contributed by atoms with Gasteiger partial charge >= 0.3 is 0 Å². The molecule has 144 valence electrons. The Labute approximate surface area is 149 Å². The van der Waals surface area contributed by atoms with Crippen LogP contribution in [0.15, 0.2) is 4.79 Å². The number of fused-ring (bicyclic) bond motifs is 1. The molecule has 7 N–H and O–H groups in total. The van der Waals surface area contributed by atoms with E-state index in [2.05, 4.69) is 20.2 Å². The summed E-state index contributed by atoms with van der Waals surface area (Å²) < 4.78 is 5.69. The van der Waals surface area contributed by atoms with E-state index in [1.165, 1.54) is 0 Å². The molecule has 1 aromatic rings. The van der Waals surface area contributed by atoms with E-state index in [0.29, 0.717) is 0 Å². The second-order valence-electron chi connectivity index (χ2n) is 6.90. The van der Waals surface area contributed by atoms with Gasteiger partial charge in [0.1, 0.15) is 24.0 Å². The first-order chi connectivity index (χ1) is 12.5. The summed E-state index contributed by atoms with van der Waals surface area (Å²) in [7, 11) is 0. The number of hydrogen-bond donors (Lipinski definition) is 6. The van der Waals surface area contributed by atoms with Crippen LogP contribution in [0.3, 0.4) is 0 Å². The number of H-pyrrole nitrogens is 1. The smallest absolute Gasteiger partial charge is 0.277 e. The first-order valence-electron chi connectivity index (χ1n) is 8.82. The van der Waals surface area contributed by atoms with E-state index in [4.69, 9.17) is 10.5 Å². The van der Waals surface area contributed by atoms with Crippen LogP contribution in [-0.2, 0) is 4.74 Å². The molecular weight excluding hydrogens is 344 g/mol. The van der Waals surface area contributed by atoms with Crippen molar-refractivity contribution in [2.45, 2.75) is 50.1 Å². The van der Waals surface area contributed by atoms with Gasteiger partial charge in [0.25, 0.3) is 5.56 Å². The van der Waals surface area contributed by atoms with Crippen LogP contribution in [0.25, 0.3) is 0 Å². The molecule has 0 aliphatic carbocycles. The van der Waals surface area contributed by atoms with Gasteiger partial charge in [0, 0.05) is 13.1 Å². The Bertz CT molecular complexity index is 723. The Morgan fingerprint density at radius 2 is 1.96 bits per heavy atom. The molecule has 3 aliphatic heterocycles. The molecule has 5 atom stereocenters. The van der Waals surface area contributed by atoms with E-state index in [9.17, 15) is 20.1 Å². The number of likely N-dealkylation sites (tertiary alicyclic amines) is 1. The van der Waals surface area contributed by atoms with Gasteiger partial charge in [0.15, 0.2) is 18.3 Å². The number of nitrogen functional groups attached to an aromatic ring is 1. The molecule has 0 spiro atoms. The fourth-order valence-corrected chi connectivity index (χ4v) is 3.91. The molecule has 5 unspecified atom stereocenters. The quantitative estimate of drug-likeness (QED) is 0.345. The van der Waals surface area contributed by atoms with Gasteiger partial charge < -0.3 is 31.1 Å². The number of aromatic amines is 1. The first kappa shape index (κ1) is 17.5. The van der Waals surface area contributed by atoms with Gasteiger partial charge in [-0.3, -0.25) is 19.6 Å². The number of nitrogens with one attached hydrogen (secondary N) is 2. The number of anilines is 3. The number of aliphatic hydroxyl groups is 3. The monoisotopic (exact) mass is 368 g/mol. The molecule has 4 rings (SSSR count). The summed E-state index contributed by atoms with van der Waals surface area (Å²) in [4.78, 5) is 22.8. The second kappa shape index (κ2) is 6.67. The molecule has 4 heterocycles. The minimum atomic E-state index is -1.27. The third kappa shape index (κ3) is 2.72. The third-order valence-corrected chi connectivity index (χ3v) is 5.23. The maximum Gasteiger partial charge on any atom is 0.277 e. The zero-order valence-electron chi connectivity index (χ0n) is 14.2. The van der Waals surface area contributed by atoms with E-state index >= 15 is 0 Å². The summed E-state index contributed by atoms with van der Waals surface area (Å²) in [5, 5.41) is 33.1. The van der Waals surface area contributed by atoms with Gasteiger partial charge in [-0.15, -0.1) is 0 Å². The molecule has 0 bridgehead atoms. The molecule has 0 aromatic carbocycles. The van der Waals surface area contributed by atoms with Crippen LogP contribution >= 0.6 is 0 Å². The number of rotatable bonds is 3. The number of nitrogens with zero attached hydrogens (tertiary/aromatic N) is 3. The highest BCUT2D eigenvalue weighted by Crippen LogP contribution is 2.38. The van der Waals surface area contributed by atoms with Crippen LogP contribution < -0.4 is 21.5 Å². The highest BCUT2D eigenvalue weighted by atomic mass is 16.6. The minimum absolute atomic E-state index is 0.0495. The van der Waals surface area contributed by atoms with Crippen LogP contribution in [0.2, 0.25) is 0 Å². The number of aliphatic hydroxyl groups excluding tert-OH is 3. The molecule has 11 nitrogen and oxygen atoms in total. The normalized spacial score (nSPS) is 34.7. The predicted octanol–water partition coefficient (Wildman–Crippen LogP) is -2.21. The lowest BCUT2D eigenvalue weighted by Gasteiger charge is -2.40. The van der Waals surface area contributed by atoms with Crippen molar-refractivity contribution in [1.29, 1.82) is 0 Å². The number of hydrogen-bond acceptors (Lipinski definition) is 10. The van der Waals surface area contributed by atoms with E-state index in [0.717, 1.165) is 32.4 Å². The van der Waals surface area contributed by atoms with Crippen LogP contribution in [0.4, 0.5) is 17.5 Å². The van der Waals surface area contributed by atoms with Crippen molar-refractivity contribution in [2.75, 3.05) is 35.6 Å². The summed E-state index contributed by atoms with van der Waals surface area (Å²) in [6, 6.07) is 0. The fraction of sp³-hybridized carbons (Fsp3) is 0.733. The van der Waals surface area contributed by atoms with Gasteiger partial charge in [-0.1, -0.05) is 6.42 Å². The number of piperidine rings is 1. The van der Waals surface area contributed by atoms with E-state index < -0.39 is 43.0 Å². The summed E-state index contributed by atoms with van der Waals surface area (Å²) >= 11 is 0. The average Bonchev–Trinajstić information content (AvgIpc) is 3.14. The van der Waals surface area contributed by atoms with Crippen molar-refractivity contribution in [3.8, 4) is 0 Å². The van der Waals surface area contributed by atoms with Crippen LogP contribution in [-0.4, -0.2) is 80.7 Å². The Balaban J connectivity index is 1.74. The summed E-state index contributed by atoms with van der Waals surface area (Å²) in [5.41, 5.74) is 5.53. The van der Waals surface area contributed by atoms with Gasteiger partial charge in [-0.2, -0.15) is 4.98 Å². The van der Waals surface area contributed by atoms with Crippen LogP contribution in [0, 0.1) is 0 Å². The summed E-state index contributed by atoms with van der Waals surface area (Å²) in [6.07, 6.45) is -1.70. The van der Waals surface area contributed by atoms with Crippen molar-refractivity contribution in [2.24, 2.45) is 0 Å². The van der Waals surface area contributed by atoms with Crippen molar-refractivity contribution in [1.82, 2.24) is 14.9 Å². The van der Waals surface area contributed by atoms with Gasteiger partial charge in [-0.05, 0) is 12.8 Å². The topological polar surface area (TPSA) is 160 Å². The van der Waals surface area contributed by atoms with Gasteiger partial charge in [0.2, 0.25) is 5.95 Å². The lowest BCUT2D eigenvalue weighted by atomic mass is 10.1. The highest BCUT2D eigenvalue weighted by Gasteiger charge is 2.51. The van der Waals surface area contributed by atoms with E-state index in [1.54, 1.807) is 4.90 Å². The third-order valence-electron chi connectivity index (χ3n) is 5.23. The predicted molar refractivity (Wildman–Crippen MR) is 92.3 cm³/mol. The Hall–Kier alpha value is -1.92. The Kier molecular flexibility index (Phi) is 4.49. The average molecular weight is 368 g/mol. The second-order valence-corrected chi connectivity index (χ2v) is 6.90. The molecule has 2 fully saturated rings. The maximum atomic E-state index is 12.3. The Morgan fingerprint density at radius 1 is 1.23 bits per heavy atom. The maximum absolute atomic E-state index is 12.3. The van der Waals surface area contributed by atoms with Crippen molar-refractivity contribution in [3.63, 3.8) is 0 Å². The van der Waals surface area contributed by atoms with Gasteiger partial charge in [0.05, 0.1) is 6.61 Å². The van der Waals surface area contributed by atoms with E-state index in [-0.39, 0.29) is 17.5 Å². The Morgan fingerprint density at radius 3 is 2.62 bits per heavy atom. The van der Waals surface area contributed by atoms with Gasteiger partial charge in [-0.25, -0.2) is 0 Å². The zero-order valence-corrected chi connectivity index (χ0v) is 14.2. The van der Waals surface area contributed by atoms with Crippen LogP contribution in [0.5, 0.6) is 0 Å². The SMILES string of the molecule is Nc1nc2c(c(=O)[nH]1)NC(N1CCCCC1)N2C1OC(CO)C(O)C1O. The molecule has 0 radical (unpaired) electrons. The molecule has 3 aliphatic rings. The van der Waals surface area contributed by atoms with Crippen molar-refractivity contribution in [3.05, 3.63) is 10.4 Å². The molecule has 2 saturated heterocycles. The zero-order chi connectivity index (χ0) is 18.4. The number of nitrogens with two attached hydrogens (primary N) is 1. The molecule has 26 heavy (non-hydrogen) atoms. The molecular formula is C15H24N6O5. The minimum Gasteiger partial charge on any atom is -0.394 e. The largest absolute Gasteiger partial charge is 0.394 e. The van der Waals surface area contributed by atoms with Crippen LogP contribution in [0.1, 0.15) is 19.3 Å². The lowest BCUT2D eigenvalue weighted by molar-refractivity contribution is -0.0294. The lowest BCUT2D eigenvalue weighted by Crippen LogP contribution is -2.58. The summed E-state index contributed by atoms with van der Waals surface area (Å²) in [5.74, 6) is 0.211. The van der Waals surface area contributed by atoms with E-state index in [1.807, 2.05) is 0 Å². The molecule has 0 amide bonds. The first-order valence-corrected chi connectivity index (χ1v) is 8.82. The van der Waals surface area contributed by atoms with Crippen molar-refractivity contribution < 1.29 is 20.1 Å². The fourth-order valence-electron chi connectivity index (χ4n) is 3.91. The molecule has 11 heteroatoms. The molecule has 1 aromatic heterocycles. The highest BCUT2D eigenvalue weighted by molar-refractivity contribution is 5.72. The standard InChI is InChI=1S/C15H24N6O5/c16-14-18-11-8(12(25)19-14)17-15(20-4-2-1-3-5-20)21(11)13-10(24)9(23)7(6-22)26-13/h7,9-10,13,15,17,22-24H,1-6H2,(H3,16,18,19,25). The number of ether oxygens (including phenoxy) is 1. The molecule has 0 saturated carbocycles. The van der Waals surface area contributed by atoms with Crippen molar-refractivity contribution >= 4 is 17.5 Å². The number of aromatic nitrogens is 2. The summed E-state index contributed by atoms with van der Waals surface area (Å²) in [6.45, 7) is 1.19.